The first-order valence-electron chi connectivity index (χ1n) is 5.50. The van der Waals surface area contributed by atoms with Crippen LogP contribution in [0.5, 0.6) is 0 Å². The van der Waals surface area contributed by atoms with E-state index in [1.807, 2.05) is 30.3 Å². The topological polar surface area (TPSA) is 79.2 Å². The average Bonchev–Trinajstić information content (AvgIpc) is 2.63. The van der Waals surface area contributed by atoms with Crippen molar-refractivity contribution in [1.29, 1.82) is 0 Å². The van der Waals surface area contributed by atoms with Crippen molar-refractivity contribution in [1.82, 2.24) is 0 Å². The lowest BCUT2D eigenvalue weighted by Gasteiger charge is -2.17. The number of aliphatic hydroxyl groups is 3. The van der Waals surface area contributed by atoms with Gasteiger partial charge in [0.05, 0.1) is 13.2 Å². The Hall–Kier alpha value is -0.980. The van der Waals surface area contributed by atoms with Gasteiger partial charge in [0.1, 0.15) is 18.3 Å². The fourth-order valence-corrected chi connectivity index (χ4v) is 1.82. The van der Waals surface area contributed by atoms with E-state index in [0.29, 0.717) is 0 Å². The monoisotopic (exact) mass is 240 g/mol. The molecule has 0 aromatic heterocycles. The lowest BCUT2D eigenvalue weighted by atomic mass is 10.1. The van der Waals surface area contributed by atoms with Gasteiger partial charge in [-0.3, -0.25) is 0 Å². The second-order valence-corrected chi connectivity index (χ2v) is 4.00. The molecule has 0 unspecified atom stereocenters. The number of hydrogen-bond acceptors (Lipinski definition) is 5. The summed E-state index contributed by atoms with van der Waals surface area (Å²) in [5.41, 5.74) is 0.944. The van der Waals surface area contributed by atoms with E-state index in [0.717, 1.165) is 5.56 Å². The fourth-order valence-electron chi connectivity index (χ4n) is 1.82. The van der Waals surface area contributed by atoms with Crippen LogP contribution in [0.3, 0.4) is 0 Å². The summed E-state index contributed by atoms with van der Waals surface area (Å²) in [6.45, 7) is -0.0649. The molecular weight excluding hydrogens is 224 g/mol. The molecule has 0 aliphatic carbocycles. The van der Waals surface area contributed by atoms with Crippen LogP contribution < -0.4 is 0 Å². The molecule has 1 aliphatic heterocycles. The molecule has 3 N–H and O–H groups in total. The molecule has 0 spiro atoms. The van der Waals surface area contributed by atoms with Gasteiger partial charge in [-0.2, -0.15) is 0 Å². The van der Waals surface area contributed by atoms with Gasteiger partial charge in [0.25, 0.3) is 0 Å². The molecule has 0 amide bonds. The molecule has 0 radical (unpaired) electrons. The van der Waals surface area contributed by atoms with Crippen LogP contribution in [-0.4, -0.2) is 46.5 Å². The first kappa shape index (κ1) is 12.5. The van der Waals surface area contributed by atoms with Gasteiger partial charge in [-0.05, 0) is 5.56 Å². The molecule has 1 saturated heterocycles. The molecule has 4 atom stereocenters. The van der Waals surface area contributed by atoms with Crippen molar-refractivity contribution >= 4 is 0 Å². The van der Waals surface area contributed by atoms with Gasteiger partial charge in [0.15, 0.2) is 6.29 Å². The Morgan fingerprint density at radius 2 is 1.88 bits per heavy atom. The minimum atomic E-state index is -1.20. The van der Waals surface area contributed by atoms with Gasteiger partial charge in [0.2, 0.25) is 0 Å². The van der Waals surface area contributed by atoms with E-state index in [4.69, 9.17) is 14.6 Å². The van der Waals surface area contributed by atoms with E-state index < -0.39 is 24.6 Å². The van der Waals surface area contributed by atoms with E-state index in [-0.39, 0.29) is 13.2 Å². The van der Waals surface area contributed by atoms with Gasteiger partial charge in [-0.15, -0.1) is 0 Å². The second kappa shape index (κ2) is 5.57. The zero-order valence-electron chi connectivity index (χ0n) is 9.27. The maximum atomic E-state index is 9.73. The summed E-state index contributed by atoms with van der Waals surface area (Å²) in [6, 6.07) is 9.43. The summed E-state index contributed by atoms with van der Waals surface area (Å²) in [5, 5.41) is 28.2. The van der Waals surface area contributed by atoms with Gasteiger partial charge in [0, 0.05) is 0 Å². The highest BCUT2D eigenvalue weighted by Crippen LogP contribution is 2.23. The lowest BCUT2D eigenvalue weighted by Crippen LogP contribution is -2.36. The maximum absolute atomic E-state index is 9.73. The van der Waals surface area contributed by atoms with Crippen LogP contribution in [0.15, 0.2) is 30.3 Å². The Balaban J connectivity index is 1.91. The Labute approximate surface area is 99.2 Å². The maximum Gasteiger partial charge on any atom is 0.184 e. The minimum absolute atomic E-state index is 0.279. The molecule has 1 aromatic rings. The third-order valence-corrected chi connectivity index (χ3v) is 2.78. The number of aliphatic hydroxyl groups excluding tert-OH is 3. The molecule has 1 fully saturated rings. The average molecular weight is 240 g/mol. The molecule has 2 rings (SSSR count). The molecule has 17 heavy (non-hydrogen) atoms. The lowest BCUT2D eigenvalue weighted by molar-refractivity contribution is -0.150. The summed E-state index contributed by atoms with van der Waals surface area (Å²) in [5.74, 6) is 0. The predicted octanol–water partition coefficient (Wildman–Crippen LogP) is -0.358. The number of benzene rings is 1. The number of ether oxygens (including phenoxy) is 2. The van der Waals surface area contributed by atoms with Gasteiger partial charge < -0.3 is 24.8 Å². The smallest absolute Gasteiger partial charge is 0.184 e. The molecular formula is C12H16O5. The Kier molecular flexibility index (Phi) is 4.09. The zero-order valence-corrected chi connectivity index (χ0v) is 9.27. The molecule has 1 aromatic carbocycles. The minimum Gasteiger partial charge on any atom is -0.394 e. The van der Waals surface area contributed by atoms with Gasteiger partial charge in [-0.25, -0.2) is 0 Å². The number of hydrogen-bond donors (Lipinski definition) is 3. The highest BCUT2D eigenvalue weighted by Gasteiger charge is 2.43. The molecule has 0 bridgehead atoms. The number of rotatable bonds is 4. The third kappa shape index (κ3) is 2.83. The highest BCUT2D eigenvalue weighted by atomic mass is 16.7. The highest BCUT2D eigenvalue weighted by molar-refractivity contribution is 5.13. The second-order valence-electron chi connectivity index (χ2n) is 4.00. The van der Waals surface area contributed by atoms with E-state index in [9.17, 15) is 10.2 Å². The van der Waals surface area contributed by atoms with Gasteiger partial charge >= 0.3 is 0 Å². The SMILES string of the molecule is OC[C@H]1O[C@@H](O)[C@H](OCc2ccccc2)[C@H]1O. The largest absolute Gasteiger partial charge is 0.394 e. The van der Waals surface area contributed by atoms with E-state index in [1.165, 1.54) is 0 Å². The van der Waals surface area contributed by atoms with Crippen molar-refractivity contribution in [2.45, 2.75) is 31.2 Å². The molecule has 5 heteroatoms. The van der Waals surface area contributed by atoms with Crippen LogP contribution in [0.4, 0.5) is 0 Å². The van der Waals surface area contributed by atoms with Crippen molar-refractivity contribution in [3.63, 3.8) is 0 Å². The zero-order chi connectivity index (χ0) is 12.3. The predicted molar refractivity (Wildman–Crippen MR) is 59.0 cm³/mol. The van der Waals surface area contributed by atoms with E-state index >= 15 is 0 Å². The molecule has 0 saturated carbocycles. The van der Waals surface area contributed by atoms with Crippen molar-refractivity contribution in [2.24, 2.45) is 0 Å². The first-order chi connectivity index (χ1) is 8.22. The summed E-state index contributed by atoms with van der Waals surface area (Å²) in [6.07, 6.45) is -3.83. The Bertz CT molecular complexity index is 342. The molecule has 94 valence electrons. The molecule has 1 aliphatic rings. The van der Waals surface area contributed by atoms with Crippen LogP contribution in [0.2, 0.25) is 0 Å². The summed E-state index contributed by atoms with van der Waals surface area (Å²) >= 11 is 0. The summed E-state index contributed by atoms with van der Waals surface area (Å²) in [4.78, 5) is 0. The Morgan fingerprint density at radius 1 is 1.18 bits per heavy atom. The molecule has 1 heterocycles. The first-order valence-corrected chi connectivity index (χ1v) is 5.50. The van der Waals surface area contributed by atoms with Gasteiger partial charge in [-0.1, -0.05) is 30.3 Å². The van der Waals surface area contributed by atoms with Crippen LogP contribution in [-0.2, 0) is 16.1 Å². The quantitative estimate of drug-likeness (QED) is 0.670. The van der Waals surface area contributed by atoms with Crippen LogP contribution >= 0.6 is 0 Å². The van der Waals surface area contributed by atoms with Crippen molar-refractivity contribution < 1.29 is 24.8 Å². The molecule has 5 nitrogen and oxygen atoms in total. The van der Waals surface area contributed by atoms with Crippen molar-refractivity contribution in [2.75, 3.05) is 6.61 Å². The van der Waals surface area contributed by atoms with Crippen LogP contribution in [0.1, 0.15) is 5.56 Å². The summed E-state index contributed by atoms with van der Waals surface area (Å²) < 4.78 is 10.4. The third-order valence-electron chi connectivity index (χ3n) is 2.78. The van der Waals surface area contributed by atoms with E-state index in [2.05, 4.69) is 0 Å². The van der Waals surface area contributed by atoms with Crippen molar-refractivity contribution in [3.05, 3.63) is 35.9 Å². The normalized spacial score (nSPS) is 32.9. The Morgan fingerprint density at radius 3 is 2.47 bits per heavy atom. The van der Waals surface area contributed by atoms with Crippen molar-refractivity contribution in [3.8, 4) is 0 Å². The van der Waals surface area contributed by atoms with Crippen LogP contribution in [0, 0.1) is 0 Å². The fraction of sp³-hybridized carbons (Fsp3) is 0.500. The standard InChI is InChI=1S/C12H16O5/c13-6-9-10(14)11(12(15)17-9)16-7-8-4-2-1-3-5-8/h1-5,9-15H,6-7H2/t9-,10+,11-,12-/m1/s1. The van der Waals surface area contributed by atoms with Crippen LogP contribution in [0.25, 0.3) is 0 Å². The van der Waals surface area contributed by atoms with E-state index in [1.54, 1.807) is 0 Å². The summed E-state index contributed by atoms with van der Waals surface area (Å²) in [7, 11) is 0.